The number of rotatable bonds is 5. The zero-order chi connectivity index (χ0) is 12.3. The lowest BCUT2D eigenvalue weighted by molar-refractivity contribution is -0.122. The summed E-state index contributed by atoms with van der Waals surface area (Å²) in [6.07, 6.45) is 3.49. The first-order valence-corrected chi connectivity index (χ1v) is 6.33. The molecule has 0 aliphatic heterocycles. The molecule has 0 saturated heterocycles. The lowest BCUT2D eigenvalue weighted by Gasteiger charge is -2.12. The second-order valence-electron chi connectivity index (χ2n) is 4.79. The third-order valence-electron chi connectivity index (χ3n) is 3.35. The van der Waals surface area contributed by atoms with Crippen LogP contribution in [-0.4, -0.2) is 11.9 Å². The number of benzene rings is 1. The second-order valence-corrected chi connectivity index (χ2v) is 4.79. The monoisotopic (exact) mass is 232 g/mol. The molecule has 0 radical (unpaired) electrons. The summed E-state index contributed by atoms with van der Waals surface area (Å²) in [5.41, 5.74) is 6.79. The molecule has 0 bridgehead atoms. The van der Waals surface area contributed by atoms with Gasteiger partial charge in [0.05, 0.1) is 0 Å². The third-order valence-corrected chi connectivity index (χ3v) is 3.35. The van der Waals surface area contributed by atoms with Crippen molar-refractivity contribution in [1.29, 1.82) is 0 Å². The molecule has 1 aromatic rings. The van der Waals surface area contributed by atoms with Gasteiger partial charge in [-0.1, -0.05) is 43.7 Å². The van der Waals surface area contributed by atoms with Crippen molar-refractivity contribution in [2.24, 2.45) is 11.7 Å². The minimum absolute atomic E-state index is 0.0557. The Morgan fingerprint density at radius 3 is 2.82 bits per heavy atom. The van der Waals surface area contributed by atoms with Crippen LogP contribution < -0.4 is 11.1 Å². The molecule has 2 unspecified atom stereocenters. The van der Waals surface area contributed by atoms with Gasteiger partial charge < -0.3 is 11.1 Å². The van der Waals surface area contributed by atoms with E-state index in [1.54, 1.807) is 0 Å². The summed E-state index contributed by atoms with van der Waals surface area (Å²) >= 11 is 0. The summed E-state index contributed by atoms with van der Waals surface area (Å²) in [4.78, 5) is 11.9. The Labute approximate surface area is 102 Å². The fraction of sp³-hybridized carbons (Fsp3) is 0.500. The molecule has 3 nitrogen and oxygen atoms in total. The van der Waals surface area contributed by atoms with Crippen LogP contribution in [-0.2, 0) is 4.79 Å². The molecule has 0 heterocycles. The molecule has 2 rings (SSSR count). The lowest BCUT2D eigenvalue weighted by Crippen LogP contribution is -2.36. The molecule has 0 aromatic heterocycles. The maximum absolute atomic E-state index is 11.9. The van der Waals surface area contributed by atoms with Crippen molar-refractivity contribution in [3.8, 4) is 0 Å². The Morgan fingerprint density at radius 1 is 1.47 bits per heavy atom. The molecule has 1 amide bonds. The average Bonchev–Trinajstić information content (AvgIpc) is 3.08. The van der Waals surface area contributed by atoms with Crippen LogP contribution >= 0.6 is 0 Å². The van der Waals surface area contributed by atoms with Crippen LogP contribution in [0.4, 0.5) is 0 Å². The normalized spacial score (nSPS) is 24.1. The minimum atomic E-state index is -0.543. The fourth-order valence-corrected chi connectivity index (χ4v) is 2.20. The molecule has 0 spiro atoms. The predicted molar refractivity (Wildman–Crippen MR) is 68.3 cm³/mol. The van der Waals surface area contributed by atoms with Gasteiger partial charge in [-0.2, -0.15) is 0 Å². The number of carbonyl (C=O) groups excluding carboxylic acids is 1. The third kappa shape index (κ3) is 3.07. The molecule has 3 N–H and O–H groups in total. The van der Waals surface area contributed by atoms with E-state index in [-0.39, 0.29) is 5.91 Å². The standard InChI is InChI=1S/C14H20N2O/c1-2-6-11-9-12(11)16-14(17)13(15)10-7-4-3-5-8-10/h3-5,7-8,11-13H,2,6,9,15H2,1H3,(H,16,17)/t11?,12?,13-/m0/s1. The van der Waals surface area contributed by atoms with Gasteiger partial charge in [-0.25, -0.2) is 0 Å². The lowest BCUT2D eigenvalue weighted by atomic mass is 10.1. The van der Waals surface area contributed by atoms with E-state index in [2.05, 4.69) is 12.2 Å². The van der Waals surface area contributed by atoms with Crippen molar-refractivity contribution in [2.45, 2.75) is 38.3 Å². The van der Waals surface area contributed by atoms with Crippen molar-refractivity contribution < 1.29 is 4.79 Å². The Morgan fingerprint density at radius 2 is 2.18 bits per heavy atom. The van der Waals surface area contributed by atoms with Crippen LogP contribution in [0.3, 0.4) is 0 Å². The van der Waals surface area contributed by atoms with E-state index in [1.165, 1.54) is 12.8 Å². The van der Waals surface area contributed by atoms with Crippen molar-refractivity contribution in [3.05, 3.63) is 35.9 Å². The van der Waals surface area contributed by atoms with Gasteiger partial charge in [0.25, 0.3) is 0 Å². The maximum Gasteiger partial charge on any atom is 0.241 e. The number of hydrogen-bond acceptors (Lipinski definition) is 2. The van der Waals surface area contributed by atoms with Gasteiger partial charge >= 0.3 is 0 Å². The first kappa shape index (κ1) is 12.1. The second kappa shape index (κ2) is 5.32. The van der Waals surface area contributed by atoms with E-state index in [9.17, 15) is 4.79 Å². The van der Waals surface area contributed by atoms with Gasteiger partial charge in [-0.05, 0) is 24.3 Å². The largest absolute Gasteiger partial charge is 0.351 e. The van der Waals surface area contributed by atoms with Crippen LogP contribution in [0.2, 0.25) is 0 Å². The topological polar surface area (TPSA) is 55.1 Å². The quantitative estimate of drug-likeness (QED) is 0.815. The highest BCUT2D eigenvalue weighted by Crippen LogP contribution is 2.34. The number of amides is 1. The summed E-state index contributed by atoms with van der Waals surface area (Å²) in [7, 11) is 0. The minimum Gasteiger partial charge on any atom is -0.351 e. The van der Waals surface area contributed by atoms with Gasteiger partial charge in [0.15, 0.2) is 0 Å². The van der Waals surface area contributed by atoms with E-state index in [0.717, 1.165) is 12.0 Å². The van der Waals surface area contributed by atoms with Gasteiger partial charge in [-0.15, -0.1) is 0 Å². The zero-order valence-corrected chi connectivity index (χ0v) is 10.2. The molecule has 17 heavy (non-hydrogen) atoms. The summed E-state index contributed by atoms with van der Waals surface area (Å²) in [6, 6.07) is 9.32. The summed E-state index contributed by atoms with van der Waals surface area (Å²) < 4.78 is 0. The molecular weight excluding hydrogens is 212 g/mol. The first-order chi connectivity index (χ1) is 8.22. The van der Waals surface area contributed by atoms with Crippen molar-refractivity contribution >= 4 is 5.91 Å². The summed E-state index contributed by atoms with van der Waals surface area (Å²) in [5, 5.41) is 3.02. The van der Waals surface area contributed by atoms with E-state index >= 15 is 0 Å². The maximum atomic E-state index is 11.9. The van der Waals surface area contributed by atoms with Crippen molar-refractivity contribution in [3.63, 3.8) is 0 Å². The van der Waals surface area contributed by atoms with Gasteiger partial charge in [0.1, 0.15) is 6.04 Å². The Hall–Kier alpha value is -1.35. The summed E-state index contributed by atoms with van der Waals surface area (Å²) in [6.45, 7) is 2.17. The summed E-state index contributed by atoms with van der Waals surface area (Å²) in [5.74, 6) is 0.617. The highest BCUT2D eigenvalue weighted by Gasteiger charge is 2.37. The molecular formula is C14H20N2O. The van der Waals surface area contributed by atoms with Crippen LogP contribution in [0.1, 0.15) is 37.8 Å². The van der Waals surface area contributed by atoms with Crippen molar-refractivity contribution in [1.82, 2.24) is 5.32 Å². The average molecular weight is 232 g/mol. The van der Waals surface area contributed by atoms with Crippen LogP contribution in [0, 0.1) is 5.92 Å². The molecule has 3 heteroatoms. The van der Waals surface area contributed by atoms with Gasteiger partial charge in [-0.3, -0.25) is 4.79 Å². The van der Waals surface area contributed by atoms with E-state index in [1.807, 2.05) is 30.3 Å². The first-order valence-electron chi connectivity index (χ1n) is 6.33. The van der Waals surface area contributed by atoms with E-state index in [0.29, 0.717) is 12.0 Å². The van der Waals surface area contributed by atoms with Gasteiger partial charge in [0.2, 0.25) is 5.91 Å². The fourth-order valence-electron chi connectivity index (χ4n) is 2.20. The molecule has 3 atom stereocenters. The number of hydrogen-bond donors (Lipinski definition) is 2. The predicted octanol–water partition coefficient (Wildman–Crippen LogP) is 1.99. The SMILES string of the molecule is CCCC1CC1NC(=O)[C@@H](N)c1ccccc1. The number of carbonyl (C=O) groups is 1. The molecule has 1 saturated carbocycles. The molecule has 1 aromatic carbocycles. The van der Waals surface area contributed by atoms with Crippen molar-refractivity contribution in [2.75, 3.05) is 0 Å². The molecule has 1 fully saturated rings. The van der Waals surface area contributed by atoms with Crippen LogP contribution in [0.15, 0.2) is 30.3 Å². The van der Waals surface area contributed by atoms with E-state index in [4.69, 9.17) is 5.73 Å². The van der Waals surface area contributed by atoms with Crippen LogP contribution in [0.5, 0.6) is 0 Å². The number of nitrogens with one attached hydrogen (secondary N) is 1. The molecule has 1 aliphatic carbocycles. The Balaban J connectivity index is 1.85. The van der Waals surface area contributed by atoms with Crippen LogP contribution in [0.25, 0.3) is 0 Å². The highest BCUT2D eigenvalue weighted by atomic mass is 16.2. The smallest absolute Gasteiger partial charge is 0.241 e. The highest BCUT2D eigenvalue weighted by molar-refractivity contribution is 5.83. The Kier molecular flexibility index (Phi) is 3.79. The molecule has 1 aliphatic rings. The Bertz CT molecular complexity index is 377. The number of nitrogens with two attached hydrogens (primary N) is 1. The van der Waals surface area contributed by atoms with E-state index < -0.39 is 6.04 Å². The zero-order valence-electron chi connectivity index (χ0n) is 10.2. The molecule has 92 valence electrons. The van der Waals surface area contributed by atoms with Gasteiger partial charge in [0, 0.05) is 6.04 Å².